The molecule has 0 unspecified atom stereocenters. The van der Waals surface area contributed by atoms with Crippen LogP contribution in [0.1, 0.15) is 25.0 Å². The summed E-state index contributed by atoms with van der Waals surface area (Å²) in [6, 6.07) is 55.6. The molecule has 7 aromatic carbocycles. The van der Waals surface area contributed by atoms with E-state index in [1.165, 1.54) is 27.8 Å². The summed E-state index contributed by atoms with van der Waals surface area (Å²) in [5.74, 6) is 0.600. The quantitative estimate of drug-likeness (QED) is 0.187. The van der Waals surface area contributed by atoms with E-state index >= 15 is 0 Å². The van der Waals surface area contributed by atoms with Crippen LogP contribution in [-0.2, 0) is 5.41 Å². The van der Waals surface area contributed by atoms with Gasteiger partial charge >= 0.3 is 0 Å². The summed E-state index contributed by atoms with van der Waals surface area (Å²) in [4.78, 5) is 7.25. The summed E-state index contributed by atoms with van der Waals surface area (Å²) in [5, 5.41) is 2.03. The number of nitrogens with zero attached hydrogens (tertiary/aromatic N) is 2. The third-order valence-corrected chi connectivity index (χ3v) is 10.3. The van der Waals surface area contributed by atoms with E-state index in [1.807, 2.05) is 36.4 Å². The van der Waals surface area contributed by atoms with Crippen LogP contribution in [0.5, 0.6) is 0 Å². The first-order valence-electron chi connectivity index (χ1n) is 17.0. The molecule has 1 aliphatic carbocycles. The highest BCUT2D eigenvalue weighted by Gasteiger charge is 2.35. The molecule has 0 N–H and O–H groups in total. The molecule has 0 bridgehead atoms. The van der Waals surface area contributed by atoms with Crippen molar-refractivity contribution in [3.05, 3.63) is 169 Å². The zero-order valence-electron chi connectivity index (χ0n) is 27.7. The summed E-state index contributed by atoms with van der Waals surface area (Å²) in [5.41, 5.74) is 14.8. The Bertz CT molecular complexity index is 2740. The number of rotatable bonds is 5. The lowest BCUT2D eigenvalue weighted by atomic mass is 9.82. The van der Waals surface area contributed by atoms with E-state index < -0.39 is 0 Å². The molecule has 2 heterocycles. The van der Waals surface area contributed by atoms with Gasteiger partial charge in [-0.1, -0.05) is 111 Å². The van der Waals surface area contributed by atoms with Crippen LogP contribution in [0.25, 0.3) is 66.7 Å². The summed E-state index contributed by atoms with van der Waals surface area (Å²) in [6.45, 7) is 4.65. The van der Waals surface area contributed by atoms with Gasteiger partial charge in [0.2, 0.25) is 5.89 Å². The Hall–Kier alpha value is -6.39. The molecule has 4 nitrogen and oxygen atoms in total. The molecule has 0 spiro atoms. The number of aromatic nitrogens is 1. The first kappa shape index (κ1) is 28.6. The molecular formula is C46H32N2O2. The van der Waals surface area contributed by atoms with Gasteiger partial charge < -0.3 is 13.7 Å². The molecule has 238 valence electrons. The van der Waals surface area contributed by atoms with Gasteiger partial charge in [-0.3, -0.25) is 0 Å². The molecular weight excluding hydrogens is 613 g/mol. The van der Waals surface area contributed by atoms with Crippen LogP contribution in [0.2, 0.25) is 0 Å². The van der Waals surface area contributed by atoms with E-state index in [9.17, 15) is 0 Å². The number of para-hydroxylation sites is 1. The molecule has 50 heavy (non-hydrogen) atoms. The molecule has 0 atom stereocenters. The second-order valence-corrected chi connectivity index (χ2v) is 13.6. The third-order valence-electron chi connectivity index (χ3n) is 10.3. The van der Waals surface area contributed by atoms with Crippen molar-refractivity contribution in [2.75, 3.05) is 4.90 Å². The lowest BCUT2D eigenvalue weighted by Gasteiger charge is -2.29. The maximum Gasteiger partial charge on any atom is 0.227 e. The minimum absolute atomic E-state index is 0.0708. The molecule has 2 aromatic heterocycles. The zero-order valence-corrected chi connectivity index (χ0v) is 27.7. The molecule has 0 radical (unpaired) electrons. The molecule has 0 aliphatic heterocycles. The van der Waals surface area contributed by atoms with Crippen LogP contribution in [0.4, 0.5) is 17.1 Å². The van der Waals surface area contributed by atoms with E-state index in [2.05, 4.69) is 140 Å². The fourth-order valence-electron chi connectivity index (χ4n) is 7.83. The Balaban J connectivity index is 1.19. The molecule has 9 aromatic rings. The molecule has 0 saturated carbocycles. The fraction of sp³-hybridized carbons (Fsp3) is 0.0652. The van der Waals surface area contributed by atoms with E-state index in [4.69, 9.17) is 13.8 Å². The molecule has 1 aliphatic rings. The predicted molar refractivity (Wildman–Crippen MR) is 204 cm³/mol. The number of hydrogen-bond donors (Lipinski definition) is 0. The van der Waals surface area contributed by atoms with E-state index in [0.29, 0.717) is 11.5 Å². The first-order valence-corrected chi connectivity index (χ1v) is 17.0. The van der Waals surface area contributed by atoms with Crippen molar-refractivity contribution in [3.63, 3.8) is 0 Å². The number of oxazole rings is 1. The smallest absolute Gasteiger partial charge is 0.227 e. The molecule has 0 saturated heterocycles. The van der Waals surface area contributed by atoms with Gasteiger partial charge in [0, 0.05) is 44.8 Å². The van der Waals surface area contributed by atoms with Gasteiger partial charge in [0.25, 0.3) is 0 Å². The van der Waals surface area contributed by atoms with Crippen molar-refractivity contribution in [3.8, 4) is 33.7 Å². The van der Waals surface area contributed by atoms with Crippen LogP contribution in [-0.4, -0.2) is 4.98 Å². The minimum atomic E-state index is -0.0708. The summed E-state index contributed by atoms with van der Waals surface area (Å²) >= 11 is 0. The zero-order chi connectivity index (χ0) is 33.4. The Morgan fingerprint density at radius 3 is 1.94 bits per heavy atom. The Kier molecular flexibility index (Phi) is 6.19. The lowest BCUT2D eigenvalue weighted by molar-refractivity contribution is 0.617. The topological polar surface area (TPSA) is 42.4 Å². The van der Waals surface area contributed by atoms with Crippen molar-refractivity contribution in [1.82, 2.24) is 4.98 Å². The highest BCUT2D eigenvalue weighted by atomic mass is 16.4. The van der Waals surface area contributed by atoms with E-state index in [1.54, 1.807) is 0 Å². The summed E-state index contributed by atoms with van der Waals surface area (Å²) < 4.78 is 12.6. The van der Waals surface area contributed by atoms with E-state index in [0.717, 1.165) is 55.6 Å². The lowest BCUT2D eigenvalue weighted by Crippen LogP contribution is -2.15. The minimum Gasteiger partial charge on any atom is -0.456 e. The average Bonchev–Trinajstić information content (AvgIpc) is 3.81. The van der Waals surface area contributed by atoms with Gasteiger partial charge in [-0.15, -0.1) is 0 Å². The second-order valence-electron chi connectivity index (χ2n) is 13.6. The maximum atomic E-state index is 6.43. The number of hydrogen-bond acceptors (Lipinski definition) is 4. The number of furan rings is 1. The highest BCUT2D eigenvalue weighted by Crippen LogP contribution is 2.51. The third kappa shape index (κ3) is 4.35. The van der Waals surface area contributed by atoms with Gasteiger partial charge in [0.15, 0.2) is 5.58 Å². The van der Waals surface area contributed by atoms with Crippen molar-refractivity contribution in [1.29, 1.82) is 0 Å². The summed E-state index contributed by atoms with van der Waals surface area (Å²) in [7, 11) is 0. The summed E-state index contributed by atoms with van der Waals surface area (Å²) in [6.07, 6.45) is 0. The largest absolute Gasteiger partial charge is 0.456 e. The van der Waals surface area contributed by atoms with Gasteiger partial charge in [-0.05, 0) is 82.4 Å². The standard InChI is InChI=1S/C46H32N2O2/c1-46(2)38-19-11-9-18-34(38)35-25-31(21-23-39(35)46)48(41-20-12-10-17-33(41)29-13-5-3-6-14-29)32-22-24-42-36(26-32)37-27-40-44(28-43(37)49-42)50-45(47-40)30-15-7-4-8-16-30/h3-28H,1-2H3. The Morgan fingerprint density at radius 1 is 0.480 bits per heavy atom. The number of anilines is 3. The molecule has 0 amide bonds. The molecule has 4 heteroatoms. The van der Waals surface area contributed by atoms with Gasteiger partial charge in [-0.25, -0.2) is 4.98 Å². The van der Waals surface area contributed by atoms with Crippen LogP contribution in [0.15, 0.2) is 167 Å². The van der Waals surface area contributed by atoms with Crippen molar-refractivity contribution < 1.29 is 8.83 Å². The van der Waals surface area contributed by atoms with Crippen molar-refractivity contribution in [2.45, 2.75) is 19.3 Å². The SMILES string of the molecule is CC1(C)c2ccccc2-c2cc(N(c3ccc4oc5cc6oc(-c7ccccc7)nc6cc5c4c3)c3ccccc3-c3ccccc3)ccc21. The Labute approximate surface area is 289 Å². The number of benzene rings is 7. The maximum absolute atomic E-state index is 6.43. The monoisotopic (exact) mass is 644 g/mol. The van der Waals surface area contributed by atoms with Crippen LogP contribution < -0.4 is 4.90 Å². The van der Waals surface area contributed by atoms with E-state index in [-0.39, 0.29) is 5.41 Å². The fourth-order valence-corrected chi connectivity index (χ4v) is 7.83. The van der Waals surface area contributed by atoms with Crippen LogP contribution in [0, 0.1) is 0 Å². The van der Waals surface area contributed by atoms with Crippen LogP contribution in [0.3, 0.4) is 0 Å². The predicted octanol–water partition coefficient (Wildman–Crippen LogP) is 12.8. The van der Waals surface area contributed by atoms with Crippen LogP contribution >= 0.6 is 0 Å². The number of fused-ring (bicyclic) bond motifs is 7. The second kappa shape index (κ2) is 10.8. The molecule has 10 rings (SSSR count). The van der Waals surface area contributed by atoms with Gasteiger partial charge in [0.1, 0.15) is 16.7 Å². The average molecular weight is 645 g/mol. The van der Waals surface area contributed by atoms with Crippen molar-refractivity contribution >= 4 is 50.1 Å². The van der Waals surface area contributed by atoms with Crippen molar-refractivity contribution in [2.24, 2.45) is 0 Å². The first-order chi connectivity index (χ1) is 24.5. The van der Waals surface area contributed by atoms with Gasteiger partial charge in [-0.2, -0.15) is 0 Å². The van der Waals surface area contributed by atoms with Gasteiger partial charge in [0.05, 0.1) is 5.69 Å². The normalized spacial score (nSPS) is 13.2. The molecule has 0 fully saturated rings. The Morgan fingerprint density at radius 2 is 1.12 bits per heavy atom. The highest BCUT2D eigenvalue weighted by molar-refractivity contribution is 6.10.